The molecule has 0 atom stereocenters. The maximum atomic E-state index is 12.9. The van der Waals surface area contributed by atoms with Crippen LogP contribution < -0.4 is 10.3 Å². The SMILES string of the molecule is CCCCN(CCCC)c1ccc(/C=C2\SC(=S)N(Cc3cc(=O)c(O)co3)C2=O)cc1. The molecular formula is C24H28N2O4S2. The van der Waals surface area contributed by atoms with Gasteiger partial charge in [0.05, 0.1) is 11.4 Å². The lowest BCUT2D eigenvalue weighted by Gasteiger charge is -2.24. The van der Waals surface area contributed by atoms with Gasteiger partial charge in [-0.1, -0.05) is 62.8 Å². The predicted molar refractivity (Wildman–Crippen MR) is 134 cm³/mol. The van der Waals surface area contributed by atoms with Gasteiger partial charge in [0.1, 0.15) is 16.3 Å². The zero-order chi connectivity index (χ0) is 23.1. The molecule has 1 N–H and O–H groups in total. The highest BCUT2D eigenvalue weighted by atomic mass is 32.2. The van der Waals surface area contributed by atoms with Crippen molar-refractivity contribution in [2.24, 2.45) is 0 Å². The van der Waals surface area contributed by atoms with Gasteiger partial charge in [0.15, 0.2) is 5.75 Å². The van der Waals surface area contributed by atoms with Crippen molar-refractivity contribution in [3.8, 4) is 5.75 Å². The molecule has 1 aliphatic heterocycles. The van der Waals surface area contributed by atoms with Crippen LogP contribution in [-0.2, 0) is 11.3 Å². The third kappa shape index (κ3) is 6.01. The monoisotopic (exact) mass is 472 g/mol. The van der Waals surface area contributed by atoms with Gasteiger partial charge in [-0.15, -0.1) is 0 Å². The van der Waals surface area contributed by atoms with Gasteiger partial charge in [-0.3, -0.25) is 14.5 Å². The van der Waals surface area contributed by atoms with Crippen LogP contribution in [0.25, 0.3) is 6.08 Å². The normalized spacial score (nSPS) is 15.1. The van der Waals surface area contributed by atoms with Gasteiger partial charge in [-0.2, -0.15) is 0 Å². The summed E-state index contributed by atoms with van der Waals surface area (Å²) in [6.45, 7) is 6.53. The molecule has 0 unspecified atom stereocenters. The number of hydrogen-bond donors (Lipinski definition) is 1. The summed E-state index contributed by atoms with van der Waals surface area (Å²) >= 11 is 6.58. The molecule has 2 aromatic rings. The van der Waals surface area contributed by atoms with Crippen molar-refractivity contribution in [2.45, 2.75) is 46.1 Å². The zero-order valence-corrected chi connectivity index (χ0v) is 20.0. The number of aromatic hydroxyl groups is 1. The third-order valence-corrected chi connectivity index (χ3v) is 6.55. The van der Waals surface area contributed by atoms with E-state index in [-0.39, 0.29) is 18.2 Å². The standard InChI is InChI=1S/C24H28N2O4S2/c1-3-5-11-25(12-6-4-2)18-9-7-17(8-10-18)13-22-23(29)26(24(31)32-22)15-19-14-20(27)21(28)16-30-19/h7-10,13-14,16,28H,3-6,11-12,15H2,1-2H3/b22-13-. The van der Waals surface area contributed by atoms with Crippen molar-refractivity contribution in [1.82, 2.24) is 4.90 Å². The Hall–Kier alpha value is -2.58. The van der Waals surface area contributed by atoms with E-state index in [0.717, 1.165) is 50.6 Å². The van der Waals surface area contributed by atoms with E-state index < -0.39 is 11.2 Å². The highest BCUT2D eigenvalue weighted by Gasteiger charge is 2.32. The summed E-state index contributed by atoms with van der Waals surface area (Å²) in [6, 6.07) is 9.41. The maximum Gasteiger partial charge on any atom is 0.266 e. The number of benzene rings is 1. The Bertz CT molecular complexity index is 1040. The first kappa shape index (κ1) is 24.1. The molecule has 0 spiro atoms. The Labute approximate surface area is 197 Å². The largest absolute Gasteiger partial charge is 0.502 e. The number of carbonyl (C=O) groups excluding carboxylic acids is 1. The highest BCUT2D eigenvalue weighted by Crippen LogP contribution is 2.34. The third-order valence-electron chi connectivity index (χ3n) is 5.17. The number of thioether (sulfide) groups is 1. The van der Waals surface area contributed by atoms with E-state index in [1.165, 1.54) is 28.4 Å². The van der Waals surface area contributed by atoms with Gasteiger partial charge in [-0.25, -0.2) is 0 Å². The molecule has 1 amide bonds. The lowest BCUT2D eigenvalue weighted by atomic mass is 10.1. The van der Waals surface area contributed by atoms with Crippen molar-refractivity contribution in [3.63, 3.8) is 0 Å². The first-order valence-corrected chi connectivity index (χ1v) is 12.1. The van der Waals surface area contributed by atoms with Gasteiger partial charge < -0.3 is 14.4 Å². The molecule has 6 nitrogen and oxygen atoms in total. The van der Waals surface area contributed by atoms with Crippen LogP contribution in [0, 0.1) is 0 Å². The molecule has 2 heterocycles. The van der Waals surface area contributed by atoms with E-state index in [0.29, 0.717) is 9.23 Å². The smallest absolute Gasteiger partial charge is 0.266 e. The summed E-state index contributed by atoms with van der Waals surface area (Å²) in [4.78, 5) is 28.8. The van der Waals surface area contributed by atoms with Crippen molar-refractivity contribution in [2.75, 3.05) is 18.0 Å². The van der Waals surface area contributed by atoms with E-state index >= 15 is 0 Å². The van der Waals surface area contributed by atoms with Crippen molar-refractivity contribution < 1.29 is 14.3 Å². The lowest BCUT2D eigenvalue weighted by Crippen LogP contribution is -2.27. The number of hydrogen-bond acceptors (Lipinski definition) is 7. The average Bonchev–Trinajstić information content (AvgIpc) is 3.04. The van der Waals surface area contributed by atoms with Crippen LogP contribution in [0.1, 0.15) is 50.9 Å². The average molecular weight is 473 g/mol. The summed E-state index contributed by atoms with van der Waals surface area (Å²) < 4.78 is 5.61. The molecule has 0 aliphatic carbocycles. The second-order valence-corrected chi connectivity index (χ2v) is 9.33. The van der Waals surface area contributed by atoms with Crippen LogP contribution in [0.4, 0.5) is 5.69 Å². The second-order valence-electron chi connectivity index (χ2n) is 7.65. The van der Waals surface area contributed by atoms with E-state index in [2.05, 4.69) is 30.9 Å². The number of amides is 1. The summed E-state index contributed by atoms with van der Waals surface area (Å²) in [6.07, 6.45) is 7.45. The Morgan fingerprint density at radius 1 is 1.12 bits per heavy atom. The molecule has 0 radical (unpaired) electrons. The first-order chi connectivity index (χ1) is 15.4. The predicted octanol–water partition coefficient (Wildman–Crippen LogP) is 5.15. The number of anilines is 1. The second kappa shape index (κ2) is 11.3. The molecule has 3 rings (SSSR count). The summed E-state index contributed by atoms with van der Waals surface area (Å²) in [7, 11) is 0. The van der Waals surface area contributed by atoms with Crippen LogP contribution in [-0.4, -0.2) is 33.3 Å². The fraction of sp³-hybridized carbons (Fsp3) is 0.375. The molecule has 170 valence electrons. The molecule has 0 bridgehead atoms. The quantitative estimate of drug-likeness (QED) is 0.378. The number of rotatable bonds is 10. The summed E-state index contributed by atoms with van der Waals surface area (Å²) in [5.41, 5.74) is 1.56. The van der Waals surface area contributed by atoms with Gasteiger partial charge >= 0.3 is 0 Å². The van der Waals surface area contributed by atoms with Crippen molar-refractivity contribution in [1.29, 1.82) is 0 Å². The minimum absolute atomic E-state index is 0.0419. The molecule has 1 aromatic carbocycles. The number of thiocarbonyl (C=S) groups is 1. The maximum absolute atomic E-state index is 12.9. The fourth-order valence-electron chi connectivity index (χ4n) is 3.32. The molecule has 1 aromatic heterocycles. The topological polar surface area (TPSA) is 74.0 Å². The van der Waals surface area contributed by atoms with Gasteiger partial charge in [0, 0.05) is 24.8 Å². The van der Waals surface area contributed by atoms with Crippen LogP contribution in [0.15, 0.2) is 50.7 Å². The van der Waals surface area contributed by atoms with Crippen LogP contribution in [0.2, 0.25) is 0 Å². The van der Waals surface area contributed by atoms with Gasteiger partial charge in [0.2, 0.25) is 5.43 Å². The van der Waals surface area contributed by atoms with Crippen LogP contribution >= 0.6 is 24.0 Å². The molecular weight excluding hydrogens is 444 g/mol. The molecule has 1 saturated heterocycles. The minimum atomic E-state index is -0.556. The van der Waals surface area contributed by atoms with Crippen LogP contribution in [0.3, 0.4) is 0 Å². The number of nitrogens with zero attached hydrogens (tertiary/aromatic N) is 2. The molecule has 0 saturated carbocycles. The number of unbranched alkanes of at least 4 members (excludes halogenated alkanes) is 2. The summed E-state index contributed by atoms with van der Waals surface area (Å²) in [5, 5.41) is 9.32. The zero-order valence-electron chi connectivity index (χ0n) is 18.4. The van der Waals surface area contributed by atoms with Crippen molar-refractivity contribution >= 4 is 46.0 Å². The van der Waals surface area contributed by atoms with Gasteiger partial charge in [0.25, 0.3) is 5.91 Å². The molecule has 8 heteroatoms. The van der Waals surface area contributed by atoms with Gasteiger partial charge in [-0.05, 0) is 36.6 Å². The number of carbonyl (C=O) groups is 1. The Morgan fingerprint density at radius 2 is 1.78 bits per heavy atom. The fourth-order valence-corrected chi connectivity index (χ4v) is 4.57. The lowest BCUT2D eigenvalue weighted by molar-refractivity contribution is -0.122. The van der Waals surface area contributed by atoms with E-state index in [9.17, 15) is 14.7 Å². The Morgan fingerprint density at radius 3 is 2.38 bits per heavy atom. The molecule has 32 heavy (non-hydrogen) atoms. The molecule has 1 fully saturated rings. The summed E-state index contributed by atoms with van der Waals surface area (Å²) in [5.74, 6) is -0.438. The van der Waals surface area contributed by atoms with Crippen molar-refractivity contribution in [3.05, 3.63) is 63.0 Å². The first-order valence-electron chi connectivity index (χ1n) is 10.8. The Balaban J connectivity index is 1.72. The van der Waals surface area contributed by atoms with E-state index in [1.54, 1.807) is 0 Å². The minimum Gasteiger partial charge on any atom is -0.502 e. The van der Waals surface area contributed by atoms with E-state index in [4.69, 9.17) is 16.6 Å². The van der Waals surface area contributed by atoms with Crippen LogP contribution in [0.5, 0.6) is 5.75 Å². The molecule has 1 aliphatic rings. The van der Waals surface area contributed by atoms with E-state index in [1.807, 2.05) is 18.2 Å². The Kier molecular flexibility index (Phi) is 8.53. The highest BCUT2D eigenvalue weighted by molar-refractivity contribution is 8.26.